The Balaban J connectivity index is 1.65. The van der Waals surface area contributed by atoms with E-state index in [4.69, 9.17) is 0 Å². The Morgan fingerprint density at radius 2 is 2.37 bits per heavy atom. The van der Waals surface area contributed by atoms with Crippen LogP contribution in [0.15, 0.2) is 12.3 Å². The number of aromatic nitrogens is 2. The highest BCUT2D eigenvalue weighted by atomic mass is 16.2. The molecule has 0 spiro atoms. The number of nitrogens with zero attached hydrogens (tertiary/aromatic N) is 2. The molecule has 2 unspecified atom stereocenters. The fourth-order valence-electron chi connectivity index (χ4n) is 2.82. The van der Waals surface area contributed by atoms with Gasteiger partial charge in [-0.15, -0.1) is 0 Å². The first kappa shape index (κ1) is 12.7. The van der Waals surface area contributed by atoms with E-state index in [9.17, 15) is 4.79 Å². The molecule has 2 fully saturated rings. The van der Waals surface area contributed by atoms with E-state index in [0.717, 1.165) is 37.7 Å². The predicted octanol–water partition coefficient (Wildman–Crippen LogP) is 1.79. The van der Waals surface area contributed by atoms with Crippen molar-refractivity contribution in [2.45, 2.75) is 38.6 Å². The van der Waals surface area contributed by atoms with Crippen LogP contribution < -0.4 is 10.6 Å². The molecule has 1 amide bonds. The van der Waals surface area contributed by atoms with E-state index in [1.54, 1.807) is 6.20 Å². The summed E-state index contributed by atoms with van der Waals surface area (Å²) < 4.78 is 1.96. The first-order valence-electron chi connectivity index (χ1n) is 7.31. The minimum absolute atomic E-state index is 0.0910. The molecule has 1 aliphatic carbocycles. The standard InChI is InChI=1S/C14H22N4O/c1-10(11-4-5-11)18-13(6-8-16-18)17-14(19)12-3-2-7-15-9-12/h6,8,10-12,15H,2-5,7,9H2,1H3,(H,17,19). The summed E-state index contributed by atoms with van der Waals surface area (Å²) in [6.07, 6.45) is 6.39. The van der Waals surface area contributed by atoms with Crippen molar-refractivity contribution >= 4 is 11.7 Å². The van der Waals surface area contributed by atoms with Crippen molar-refractivity contribution in [3.8, 4) is 0 Å². The van der Waals surface area contributed by atoms with Crippen LogP contribution in [0.5, 0.6) is 0 Å². The molecule has 5 nitrogen and oxygen atoms in total. The summed E-state index contributed by atoms with van der Waals surface area (Å²) in [6, 6.07) is 2.28. The minimum atomic E-state index is 0.0910. The lowest BCUT2D eigenvalue weighted by Gasteiger charge is -2.22. The van der Waals surface area contributed by atoms with Crippen LogP contribution in [-0.2, 0) is 4.79 Å². The molecule has 2 atom stereocenters. The highest BCUT2D eigenvalue weighted by Crippen LogP contribution is 2.40. The van der Waals surface area contributed by atoms with Crippen molar-refractivity contribution in [1.29, 1.82) is 0 Å². The number of hydrogen-bond acceptors (Lipinski definition) is 3. The van der Waals surface area contributed by atoms with Gasteiger partial charge in [0.15, 0.2) is 0 Å². The van der Waals surface area contributed by atoms with Crippen LogP contribution in [-0.4, -0.2) is 28.8 Å². The van der Waals surface area contributed by atoms with Gasteiger partial charge in [0.05, 0.1) is 18.2 Å². The normalized spacial score (nSPS) is 25.0. The fourth-order valence-corrected chi connectivity index (χ4v) is 2.82. The topological polar surface area (TPSA) is 59.0 Å². The molecule has 0 aromatic carbocycles. The van der Waals surface area contributed by atoms with Crippen LogP contribution in [0.2, 0.25) is 0 Å². The summed E-state index contributed by atoms with van der Waals surface area (Å²) in [4.78, 5) is 12.2. The molecule has 1 saturated carbocycles. The number of rotatable bonds is 4. The van der Waals surface area contributed by atoms with Gasteiger partial charge >= 0.3 is 0 Å². The molecule has 2 aliphatic rings. The lowest BCUT2D eigenvalue weighted by Crippen LogP contribution is -2.37. The largest absolute Gasteiger partial charge is 0.316 e. The molecular formula is C14H22N4O. The maximum absolute atomic E-state index is 12.2. The van der Waals surface area contributed by atoms with Crippen LogP contribution in [0.3, 0.4) is 0 Å². The zero-order valence-electron chi connectivity index (χ0n) is 11.4. The second kappa shape index (κ2) is 5.33. The van der Waals surface area contributed by atoms with Crippen molar-refractivity contribution in [1.82, 2.24) is 15.1 Å². The van der Waals surface area contributed by atoms with Gasteiger partial charge in [-0.1, -0.05) is 0 Å². The summed E-state index contributed by atoms with van der Waals surface area (Å²) in [7, 11) is 0. The Morgan fingerprint density at radius 3 is 3.05 bits per heavy atom. The third kappa shape index (κ3) is 2.81. The summed E-state index contributed by atoms with van der Waals surface area (Å²) in [5.74, 6) is 1.78. The lowest BCUT2D eigenvalue weighted by atomic mass is 9.99. The first-order chi connectivity index (χ1) is 9.25. The van der Waals surface area contributed by atoms with Gasteiger partial charge in [-0.3, -0.25) is 4.79 Å². The van der Waals surface area contributed by atoms with Gasteiger partial charge in [-0.05, 0) is 45.1 Å². The number of amides is 1. The van der Waals surface area contributed by atoms with E-state index in [-0.39, 0.29) is 11.8 Å². The molecule has 1 aromatic heterocycles. The van der Waals surface area contributed by atoms with Gasteiger partial charge in [0.2, 0.25) is 5.91 Å². The highest BCUT2D eigenvalue weighted by molar-refractivity contribution is 5.92. The number of hydrogen-bond donors (Lipinski definition) is 2. The van der Waals surface area contributed by atoms with Crippen LogP contribution in [0.25, 0.3) is 0 Å². The SMILES string of the molecule is CC(C1CC1)n1nccc1NC(=O)C1CCCNC1. The first-order valence-corrected chi connectivity index (χ1v) is 7.31. The van der Waals surface area contributed by atoms with E-state index in [2.05, 4.69) is 22.7 Å². The van der Waals surface area contributed by atoms with Gasteiger partial charge < -0.3 is 10.6 Å². The van der Waals surface area contributed by atoms with Crippen LogP contribution in [0.4, 0.5) is 5.82 Å². The Bertz CT molecular complexity index is 446. The van der Waals surface area contributed by atoms with Crippen LogP contribution in [0.1, 0.15) is 38.6 Å². The number of piperidine rings is 1. The maximum atomic E-state index is 12.2. The smallest absolute Gasteiger partial charge is 0.229 e. The third-order valence-corrected chi connectivity index (χ3v) is 4.28. The van der Waals surface area contributed by atoms with Gasteiger partial charge in [0, 0.05) is 12.6 Å². The van der Waals surface area contributed by atoms with Crippen molar-refractivity contribution < 1.29 is 4.79 Å². The average molecular weight is 262 g/mol. The van der Waals surface area contributed by atoms with Crippen molar-refractivity contribution in [3.63, 3.8) is 0 Å². The molecule has 0 radical (unpaired) electrons. The van der Waals surface area contributed by atoms with E-state index in [1.165, 1.54) is 12.8 Å². The molecule has 2 heterocycles. The van der Waals surface area contributed by atoms with Crippen LogP contribution in [0, 0.1) is 11.8 Å². The predicted molar refractivity (Wildman–Crippen MR) is 73.9 cm³/mol. The van der Waals surface area contributed by atoms with Crippen molar-refractivity contribution in [2.75, 3.05) is 18.4 Å². The van der Waals surface area contributed by atoms with Crippen molar-refractivity contribution in [2.24, 2.45) is 11.8 Å². The Morgan fingerprint density at radius 1 is 1.53 bits per heavy atom. The van der Waals surface area contributed by atoms with Crippen LogP contribution >= 0.6 is 0 Å². The van der Waals surface area contributed by atoms with E-state index in [1.807, 2.05) is 10.7 Å². The van der Waals surface area contributed by atoms with Gasteiger partial charge in [0.25, 0.3) is 0 Å². The Labute approximate surface area is 113 Å². The molecule has 1 aromatic rings. The number of anilines is 1. The molecule has 3 rings (SSSR count). The zero-order valence-corrected chi connectivity index (χ0v) is 11.4. The molecule has 5 heteroatoms. The molecule has 2 N–H and O–H groups in total. The highest BCUT2D eigenvalue weighted by Gasteiger charge is 2.31. The zero-order chi connectivity index (χ0) is 13.2. The lowest BCUT2D eigenvalue weighted by molar-refractivity contribution is -0.120. The molecule has 1 aliphatic heterocycles. The minimum Gasteiger partial charge on any atom is -0.316 e. The Kier molecular flexibility index (Phi) is 3.55. The molecule has 1 saturated heterocycles. The van der Waals surface area contributed by atoms with Gasteiger partial charge in [-0.25, -0.2) is 4.68 Å². The molecular weight excluding hydrogens is 240 g/mol. The summed E-state index contributed by atoms with van der Waals surface area (Å²) in [6.45, 7) is 4.00. The third-order valence-electron chi connectivity index (χ3n) is 4.28. The second-order valence-electron chi connectivity index (χ2n) is 5.77. The number of carbonyl (C=O) groups excluding carboxylic acids is 1. The summed E-state index contributed by atoms with van der Waals surface area (Å²) >= 11 is 0. The molecule has 19 heavy (non-hydrogen) atoms. The van der Waals surface area contributed by atoms with Gasteiger partial charge in [-0.2, -0.15) is 5.10 Å². The number of carbonyl (C=O) groups is 1. The quantitative estimate of drug-likeness (QED) is 0.869. The fraction of sp³-hybridized carbons (Fsp3) is 0.714. The molecule has 0 bridgehead atoms. The average Bonchev–Trinajstić information content (AvgIpc) is 3.19. The summed E-state index contributed by atoms with van der Waals surface area (Å²) in [5.41, 5.74) is 0. The molecule has 104 valence electrons. The second-order valence-corrected chi connectivity index (χ2v) is 5.77. The van der Waals surface area contributed by atoms with Crippen molar-refractivity contribution in [3.05, 3.63) is 12.3 Å². The Hall–Kier alpha value is -1.36. The van der Waals surface area contributed by atoms with E-state index in [0.29, 0.717) is 6.04 Å². The van der Waals surface area contributed by atoms with Gasteiger partial charge in [0.1, 0.15) is 5.82 Å². The number of nitrogens with one attached hydrogen (secondary N) is 2. The maximum Gasteiger partial charge on any atom is 0.229 e. The summed E-state index contributed by atoms with van der Waals surface area (Å²) in [5, 5.41) is 10.7. The van der Waals surface area contributed by atoms with E-state index >= 15 is 0 Å². The van der Waals surface area contributed by atoms with E-state index < -0.39 is 0 Å². The monoisotopic (exact) mass is 262 g/mol.